The number of amides is 2. The summed E-state index contributed by atoms with van der Waals surface area (Å²) in [7, 11) is 0. The summed E-state index contributed by atoms with van der Waals surface area (Å²) in [6, 6.07) is 15.2. The first-order chi connectivity index (χ1) is 15.8. The van der Waals surface area contributed by atoms with Gasteiger partial charge in [0.05, 0.1) is 11.2 Å². The molecule has 0 aliphatic rings. The number of hydrogen-bond donors (Lipinski definition) is 2. The van der Waals surface area contributed by atoms with Crippen LogP contribution in [-0.4, -0.2) is 26.6 Å². The highest BCUT2D eigenvalue weighted by molar-refractivity contribution is 5.96. The molecular weight excluding hydrogens is 421 g/mol. The zero-order valence-corrected chi connectivity index (χ0v) is 18.6. The van der Waals surface area contributed by atoms with E-state index in [2.05, 4.69) is 15.7 Å². The minimum absolute atomic E-state index is 0.0111. The number of carbonyl (C=O) groups is 2. The van der Waals surface area contributed by atoms with Crippen LogP contribution in [0.5, 0.6) is 0 Å². The first kappa shape index (κ1) is 22.1. The predicted octanol–water partition coefficient (Wildman–Crippen LogP) is 4.84. The number of nitrogens with zero attached hydrogens (tertiary/aromatic N) is 3. The van der Waals surface area contributed by atoms with Gasteiger partial charge >= 0.3 is 0 Å². The van der Waals surface area contributed by atoms with Gasteiger partial charge in [-0.1, -0.05) is 18.2 Å². The van der Waals surface area contributed by atoms with Gasteiger partial charge in [0.2, 0.25) is 11.8 Å². The van der Waals surface area contributed by atoms with E-state index in [1.807, 2.05) is 45.0 Å². The fourth-order valence-electron chi connectivity index (χ4n) is 3.60. The van der Waals surface area contributed by atoms with Crippen molar-refractivity contribution in [1.29, 1.82) is 0 Å². The number of fused-ring (bicyclic) bond motifs is 1. The number of carbonyl (C=O) groups excluding carboxylic acids is 2. The lowest BCUT2D eigenvalue weighted by Crippen LogP contribution is -2.19. The number of anilines is 2. The lowest BCUT2D eigenvalue weighted by atomic mass is 10.1. The topological polar surface area (TPSA) is 88.9 Å². The van der Waals surface area contributed by atoms with Crippen molar-refractivity contribution in [1.82, 2.24) is 14.8 Å². The summed E-state index contributed by atoms with van der Waals surface area (Å²) in [6.07, 6.45) is -0.0244. The molecule has 0 aliphatic heterocycles. The highest BCUT2D eigenvalue weighted by atomic mass is 19.1. The summed E-state index contributed by atoms with van der Waals surface area (Å²) < 4.78 is 14.6. The number of aromatic nitrogens is 3. The molecule has 0 bridgehead atoms. The van der Waals surface area contributed by atoms with Crippen LogP contribution in [0.1, 0.15) is 29.7 Å². The third-order valence-electron chi connectivity index (χ3n) is 5.26. The summed E-state index contributed by atoms with van der Waals surface area (Å²) >= 11 is 0. The van der Waals surface area contributed by atoms with Crippen molar-refractivity contribution >= 4 is 34.2 Å². The van der Waals surface area contributed by atoms with Crippen LogP contribution in [0, 0.1) is 26.6 Å². The second-order valence-electron chi connectivity index (χ2n) is 7.95. The molecule has 7 nitrogen and oxygen atoms in total. The van der Waals surface area contributed by atoms with Crippen LogP contribution in [0.3, 0.4) is 0 Å². The number of benzene rings is 2. The van der Waals surface area contributed by atoms with Crippen LogP contribution in [0.2, 0.25) is 0 Å². The molecule has 0 saturated carbocycles. The highest BCUT2D eigenvalue weighted by Gasteiger charge is 2.15. The van der Waals surface area contributed by atoms with Crippen LogP contribution in [-0.2, 0) is 9.59 Å². The minimum atomic E-state index is -0.384. The largest absolute Gasteiger partial charge is 0.326 e. The van der Waals surface area contributed by atoms with Gasteiger partial charge in [-0.25, -0.2) is 9.37 Å². The first-order valence-electron chi connectivity index (χ1n) is 10.6. The van der Waals surface area contributed by atoms with Gasteiger partial charge in [-0.05, 0) is 62.2 Å². The van der Waals surface area contributed by atoms with Crippen LogP contribution in [0.25, 0.3) is 16.7 Å². The van der Waals surface area contributed by atoms with Gasteiger partial charge in [0.15, 0.2) is 5.82 Å². The normalized spacial score (nSPS) is 10.9. The van der Waals surface area contributed by atoms with Gasteiger partial charge in [0.25, 0.3) is 0 Å². The molecule has 4 rings (SSSR count). The molecule has 0 fully saturated rings. The number of nitrogens with one attached hydrogen (secondary N) is 2. The van der Waals surface area contributed by atoms with E-state index in [1.54, 1.807) is 10.7 Å². The molecule has 2 aromatic carbocycles. The van der Waals surface area contributed by atoms with Crippen molar-refractivity contribution in [3.05, 3.63) is 77.2 Å². The standard InChI is InChI=1S/C25H24FN5O2/c1-15-5-4-6-20-16(2)13-21(29-25(15)20)31-22(14-17(3)30-31)28-24(33)12-11-23(32)27-19-9-7-18(26)8-10-19/h4-10,13-14H,11-12H2,1-3H3,(H,27,32)(H,28,33). The maximum Gasteiger partial charge on any atom is 0.226 e. The van der Waals surface area contributed by atoms with Gasteiger partial charge in [0, 0.05) is 30.0 Å². The number of para-hydroxylation sites is 1. The molecule has 0 unspecified atom stereocenters. The number of aryl methyl sites for hydroxylation is 3. The molecule has 168 valence electrons. The molecule has 2 aromatic heterocycles. The number of hydrogen-bond acceptors (Lipinski definition) is 4. The van der Waals surface area contributed by atoms with Gasteiger partial charge in [-0.15, -0.1) is 0 Å². The lowest BCUT2D eigenvalue weighted by molar-refractivity contribution is -0.121. The Morgan fingerprint density at radius 3 is 2.33 bits per heavy atom. The Hall–Kier alpha value is -4.07. The monoisotopic (exact) mass is 445 g/mol. The molecule has 0 aliphatic carbocycles. The summed E-state index contributed by atoms with van der Waals surface area (Å²) in [4.78, 5) is 29.4. The molecule has 4 aromatic rings. The highest BCUT2D eigenvalue weighted by Crippen LogP contribution is 2.24. The second kappa shape index (κ2) is 9.20. The lowest BCUT2D eigenvalue weighted by Gasteiger charge is -2.12. The van der Waals surface area contributed by atoms with Crippen molar-refractivity contribution < 1.29 is 14.0 Å². The van der Waals surface area contributed by atoms with Crippen molar-refractivity contribution in [3.8, 4) is 5.82 Å². The summed E-state index contributed by atoms with van der Waals surface area (Å²) in [5, 5.41) is 11.0. The zero-order chi connectivity index (χ0) is 23.5. The van der Waals surface area contributed by atoms with E-state index in [0.29, 0.717) is 17.3 Å². The van der Waals surface area contributed by atoms with Crippen LogP contribution in [0.15, 0.2) is 54.6 Å². The predicted molar refractivity (Wildman–Crippen MR) is 126 cm³/mol. The number of pyridine rings is 1. The van der Waals surface area contributed by atoms with E-state index in [1.165, 1.54) is 24.3 Å². The Morgan fingerprint density at radius 2 is 1.61 bits per heavy atom. The molecule has 0 saturated heterocycles. The quantitative estimate of drug-likeness (QED) is 0.444. The molecule has 2 heterocycles. The van der Waals surface area contributed by atoms with Crippen molar-refractivity contribution in [2.24, 2.45) is 0 Å². The van der Waals surface area contributed by atoms with Gasteiger partial charge < -0.3 is 10.6 Å². The molecule has 33 heavy (non-hydrogen) atoms. The van der Waals surface area contributed by atoms with Crippen molar-refractivity contribution in [2.45, 2.75) is 33.6 Å². The van der Waals surface area contributed by atoms with E-state index in [-0.39, 0.29) is 30.5 Å². The Balaban J connectivity index is 1.47. The van der Waals surface area contributed by atoms with Crippen LogP contribution < -0.4 is 10.6 Å². The molecule has 2 N–H and O–H groups in total. The Bertz CT molecular complexity index is 1350. The number of rotatable bonds is 6. The van der Waals surface area contributed by atoms with E-state index in [0.717, 1.165) is 27.7 Å². The summed E-state index contributed by atoms with van der Waals surface area (Å²) in [6.45, 7) is 5.86. The Kier molecular flexibility index (Phi) is 6.17. The van der Waals surface area contributed by atoms with E-state index in [4.69, 9.17) is 4.98 Å². The van der Waals surface area contributed by atoms with Gasteiger partial charge in [0.1, 0.15) is 11.6 Å². The van der Waals surface area contributed by atoms with Crippen LogP contribution >= 0.6 is 0 Å². The summed E-state index contributed by atoms with van der Waals surface area (Å²) in [5.74, 6) is 0.0522. The molecule has 8 heteroatoms. The Morgan fingerprint density at radius 1 is 0.909 bits per heavy atom. The fraction of sp³-hybridized carbons (Fsp3) is 0.200. The molecule has 0 radical (unpaired) electrons. The third-order valence-corrected chi connectivity index (χ3v) is 5.26. The van der Waals surface area contributed by atoms with Gasteiger partial charge in [-0.2, -0.15) is 9.78 Å². The maximum atomic E-state index is 13.0. The number of halogens is 1. The maximum absolute atomic E-state index is 13.0. The fourth-order valence-corrected chi connectivity index (χ4v) is 3.60. The van der Waals surface area contributed by atoms with Crippen LogP contribution in [0.4, 0.5) is 15.9 Å². The molecular formula is C25H24FN5O2. The van der Waals surface area contributed by atoms with Gasteiger partial charge in [-0.3, -0.25) is 9.59 Å². The van der Waals surface area contributed by atoms with E-state index >= 15 is 0 Å². The van der Waals surface area contributed by atoms with Crippen molar-refractivity contribution in [2.75, 3.05) is 10.6 Å². The molecule has 0 spiro atoms. The Labute approximate surface area is 190 Å². The average molecular weight is 445 g/mol. The minimum Gasteiger partial charge on any atom is -0.326 e. The van der Waals surface area contributed by atoms with Crippen molar-refractivity contribution in [3.63, 3.8) is 0 Å². The second-order valence-corrected chi connectivity index (χ2v) is 7.95. The average Bonchev–Trinajstić information content (AvgIpc) is 3.14. The molecule has 2 amide bonds. The SMILES string of the molecule is Cc1cc(NC(=O)CCC(=O)Nc2ccc(F)cc2)n(-c2cc(C)c3cccc(C)c3n2)n1. The summed E-state index contributed by atoms with van der Waals surface area (Å²) in [5.41, 5.74) is 4.20. The van der Waals surface area contributed by atoms with E-state index < -0.39 is 0 Å². The molecule has 0 atom stereocenters. The van der Waals surface area contributed by atoms with E-state index in [9.17, 15) is 14.0 Å². The third kappa shape index (κ3) is 5.06. The first-order valence-corrected chi connectivity index (χ1v) is 10.6. The smallest absolute Gasteiger partial charge is 0.226 e. The zero-order valence-electron chi connectivity index (χ0n) is 18.6.